The number of Topliss-reactive ketones (excluding diaryl/α,β-unsaturated/α-hetero) is 1. The van der Waals surface area contributed by atoms with Crippen molar-refractivity contribution in [2.45, 2.75) is 23.4 Å². The Balaban J connectivity index is 1.47. The van der Waals surface area contributed by atoms with E-state index in [4.69, 9.17) is 9.47 Å². The summed E-state index contributed by atoms with van der Waals surface area (Å²) in [5.74, 6) is -0.380. The minimum atomic E-state index is -5.79. The van der Waals surface area contributed by atoms with Crippen molar-refractivity contribution in [1.82, 2.24) is 9.88 Å². The summed E-state index contributed by atoms with van der Waals surface area (Å²) in [5, 5.41) is -1.32. The Hall–Kier alpha value is -3.15. The van der Waals surface area contributed by atoms with Gasteiger partial charge in [0.25, 0.3) is 15.7 Å². The topological polar surface area (TPSA) is 103 Å². The third kappa shape index (κ3) is 4.39. The second-order valence-electron chi connectivity index (χ2n) is 7.59. The summed E-state index contributed by atoms with van der Waals surface area (Å²) in [4.78, 5) is 30.3. The van der Waals surface area contributed by atoms with Gasteiger partial charge in [0, 0.05) is 30.8 Å². The van der Waals surface area contributed by atoms with Gasteiger partial charge >= 0.3 is 5.51 Å². The lowest BCUT2D eigenvalue weighted by Crippen LogP contribution is -2.41. The van der Waals surface area contributed by atoms with Gasteiger partial charge in [0.1, 0.15) is 13.2 Å². The summed E-state index contributed by atoms with van der Waals surface area (Å²) < 4.78 is 73.6. The van der Waals surface area contributed by atoms with E-state index in [9.17, 15) is 31.2 Å². The third-order valence-electron chi connectivity index (χ3n) is 5.54. The Bertz CT molecular complexity index is 1190. The molecule has 4 rings (SSSR count). The van der Waals surface area contributed by atoms with Gasteiger partial charge in [0.05, 0.1) is 5.56 Å². The van der Waals surface area contributed by atoms with E-state index in [2.05, 4.69) is 4.98 Å². The Labute approximate surface area is 187 Å². The molecule has 0 radical (unpaired) electrons. The number of sulfone groups is 1. The van der Waals surface area contributed by atoms with Crippen molar-refractivity contribution >= 4 is 21.5 Å². The van der Waals surface area contributed by atoms with Crippen molar-refractivity contribution in [3.63, 3.8) is 0 Å². The molecule has 2 aromatic rings. The lowest BCUT2D eigenvalue weighted by Gasteiger charge is -2.31. The predicted molar refractivity (Wildman–Crippen MR) is 108 cm³/mol. The average molecular weight is 484 g/mol. The third-order valence-corrected chi connectivity index (χ3v) is 6.98. The van der Waals surface area contributed by atoms with Crippen molar-refractivity contribution in [2.24, 2.45) is 5.92 Å². The van der Waals surface area contributed by atoms with E-state index in [-0.39, 0.29) is 31.7 Å². The Morgan fingerprint density at radius 1 is 1.03 bits per heavy atom. The second kappa shape index (κ2) is 8.65. The minimum absolute atomic E-state index is 0.0835. The molecule has 0 N–H and O–H groups in total. The maximum atomic E-state index is 13.0. The number of aromatic nitrogens is 1. The largest absolute Gasteiger partial charge is 0.503 e. The molecule has 2 aliphatic heterocycles. The molecule has 0 unspecified atom stereocenters. The van der Waals surface area contributed by atoms with Crippen LogP contribution < -0.4 is 9.47 Å². The van der Waals surface area contributed by atoms with Crippen molar-refractivity contribution in [3.05, 3.63) is 47.7 Å². The molecule has 1 aromatic carbocycles. The molecule has 1 fully saturated rings. The van der Waals surface area contributed by atoms with Gasteiger partial charge in [-0.15, -0.1) is 0 Å². The van der Waals surface area contributed by atoms with Crippen LogP contribution in [0.5, 0.6) is 11.5 Å². The van der Waals surface area contributed by atoms with Crippen LogP contribution in [0.2, 0.25) is 0 Å². The number of alkyl halides is 3. The Kier molecular flexibility index (Phi) is 6.04. The van der Waals surface area contributed by atoms with Crippen LogP contribution in [0.1, 0.15) is 33.6 Å². The lowest BCUT2D eigenvalue weighted by atomic mass is 9.88. The highest BCUT2D eigenvalue weighted by atomic mass is 32.2. The van der Waals surface area contributed by atoms with Gasteiger partial charge in [-0.05, 0) is 43.2 Å². The zero-order chi connectivity index (χ0) is 23.8. The fourth-order valence-electron chi connectivity index (χ4n) is 3.82. The van der Waals surface area contributed by atoms with Crippen LogP contribution in [-0.2, 0) is 9.84 Å². The molecule has 12 heteroatoms. The van der Waals surface area contributed by atoms with Gasteiger partial charge in [0.2, 0.25) is 0 Å². The normalized spacial score (nSPS) is 17.0. The van der Waals surface area contributed by atoms with Gasteiger partial charge in [-0.2, -0.15) is 13.2 Å². The van der Waals surface area contributed by atoms with Gasteiger partial charge in [-0.3, -0.25) is 9.59 Å². The lowest BCUT2D eigenvalue weighted by molar-refractivity contribution is -0.0438. The van der Waals surface area contributed by atoms with Gasteiger partial charge in [0.15, 0.2) is 22.3 Å². The highest BCUT2D eigenvalue weighted by Gasteiger charge is 2.50. The number of ketones is 1. The summed E-state index contributed by atoms with van der Waals surface area (Å²) in [6, 6.07) is 7.10. The van der Waals surface area contributed by atoms with Crippen molar-refractivity contribution in [1.29, 1.82) is 0 Å². The summed E-state index contributed by atoms with van der Waals surface area (Å²) in [5.41, 5.74) is -5.79. The molecule has 176 valence electrons. The van der Waals surface area contributed by atoms with E-state index in [0.717, 1.165) is 12.3 Å². The molecule has 1 amide bonds. The number of rotatable bonds is 4. The van der Waals surface area contributed by atoms with E-state index in [0.29, 0.717) is 30.3 Å². The number of fused-ring (bicyclic) bond motifs is 1. The van der Waals surface area contributed by atoms with Crippen LogP contribution >= 0.6 is 0 Å². The molecule has 1 saturated heterocycles. The van der Waals surface area contributed by atoms with E-state index in [1.807, 2.05) is 0 Å². The van der Waals surface area contributed by atoms with Crippen LogP contribution in [-0.4, -0.2) is 61.8 Å². The second-order valence-corrected chi connectivity index (χ2v) is 9.45. The average Bonchev–Trinajstić information content (AvgIpc) is 2.82. The van der Waals surface area contributed by atoms with Crippen molar-refractivity contribution in [3.8, 4) is 11.5 Å². The number of hydrogen-bond acceptors (Lipinski definition) is 7. The summed E-state index contributed by atoms with van der Waals surface area (Å²) in [6.45, 7) is 0.974. The summed E-state index contributed by atoms with van der Waals surface area (Å²) in [7, 11) is -5.79. The molecule has 2 aliphatic rings. The standard InChI is InChI=1S/C21H19F3N2O6S/c22-21(23,24)33(29,30)19-15(2-1-7-25-19)20(28)26-8-5-13(6-9-26)18(27)14-3-4-16-17(12-14)32-11-10-31-16/h1-4,7,12-13H,5-6,8-11H2. The maximum Gasteiger partial charge on any atom is 0.503 e. The first-order valence-electron chi connectivity index (χ1n) is 10.1. The molecular formula is C21H19F3N2O6S. The molecule has 0 aliphatic carbocycles. The number of hydrogen-bond donors (Lipinski definition) is 0. The minimum Gasteiger partial charge on any atom is -0.486 e. The molecule has 0 bridgehead atoms. The van der Waals surface area contributed by atoms with Crippen LogP contribution in [0.15, 0.2) is 41.6 Å². The van der Waals surface area contributed by atoms with Gasteiger partial charge in [-0.25, -0.2) is 13.4 Å². The molecule has 0 atom stereocenters. The fourth-order valence-corrected chi connectivity index (χ4v) is 4.69. The molecule has 3 heterocycles. The number of carbonyl (C=O) groups is 2. The zero-order valence-electron chi connectivity index (χ0n) is 17.2. The zero-order valence-corrected chi connectivity index (χ0v) is 18.0. The van der Waals surface area contributed by atoms with Crippen molar-refractivity contribution in [2.75, 3.05) is 26.3 Å². The van der Waals surface area contributed by atoms with Crippen LogP contribution in [0.3, 0.4) is 0 Å². The highest BCUT2D eigenvalue weighted by Crippen LogP contribution is 2.34. The molecule has 0 spiro atoms. The molecule has 8 nitrogen and oxygen atoms in total. The van der Waals surface area contributed by atoms with Crippen molar-refractivity contribution < 1.29 is 40.7 Å². The number of piperidine rings is 1. The summed E-state index contributed by atoms with van der Waals surface area (Å²) >= 11 is 0. The first-order chi connectivity index (χ1) is 15.6. The van der Waals surface area contributed by atoms with E-state index < -0.39 is 37.8 Å². The Morgan fingerprint density at radius 2 is 1.70 bits per heavy atom. The number of likely N-dealkylation sites (tertiary alicyclic amines) is 1. The number of carbonyl (C=O) groups excluding carboxylic acids is 2. The first kappa shape index (κ1) is 23.0. The van der Waals surface area contributed by atoms with Crippen LogP contribution in [0.25, 0.3) is 0 Å². The monoisotopic (exact) mass is 484 g/mol. The quantitative estimate of drug-likeness (QED) is 0.615. The predicted octanol–water partition coefficient (Wildman–Crippen LogP) is 2.88. The molecule has 0 saturated carbocycles. The number of amides is 1. The number of nitrogens with zero attached hydrogens (tertiary/aromatic N) is 2. The van der Waals surface area contributed by atoms with Crippen LogP contribution in [0, 0.1) is 5.92 Å². The molecule has 33 heavy (non-hydrogen) atoms. The first-order valence-corrected chi connectivity index (χ1v) is 11.6. The molecular weight excluding hydrogens is 465 g/mol. The SMILES string of the molecule is O=C(c1ccc2c(c1)OCCO2)C1CCN(C(=O)c2cccnc2S(=O)(=O)C(F)(F)F)CC1. The van der Waals surface area contributed by atoms with E-state index >= 15 is 0 Å². The Morgan fingerprint density at radius 3 is 2.36 bits per heavy atom. The van der Waals surface area contributed by atoms with Crippen LogP contribution in [0.4, 0.5) is 13.2 Å². The number of benzene rings is 1. The van der Waals surface area contributed by atoms with Gasteiger partial charge < -0.3 is 14.4 Å². The highest BCUT2D eigenvalue weighted by molar-refractivity contribution is 7.92. The number of halogens is 3. The maximum absolute atomic E-state index is 13.0. The van der Waals surface area contributed by atoms with Gasteiger partial charge in [-0.1, -0.05) is 0 Å². The van der Waals surface area contributed by atoms with E-state index in [1.165, 1.54) is 11.0 Å². The molecule has 1 aromatic heterocycles. The summed E-state index contributed by atoms with van der Waals surface area (Å²) in [6.07, 6.45) is 1.44. The fraction of sp³-hybridized carbons (Fsp3) is 0.381. The smallest absolute Gasteiger partial charge is 0.486 e. The number of pyridine rings is 1. The number of ether oxygens (including phenoxy) is 2. The van der Waals surface area contributed by atoms with E-state index in [1.54, 1.807) is 18.2 Å².